The second kappa shape index (κ2) is 7.54. The number of carbonyl (C=O) groups excluding carboxylic acids is 1. The quantitative estimate of drug-likeness (QED) is 0.430. The van der Waals surface area contributed by atoms with E-state index in [4.69, 9.17) is 4.74 Å². The van der Waals surface area contributed by atoms with Crippen LogP contribution in [0.2, 0.25) is 0 Å². The summed E-state index contributed by atoms with van der Waals surface area (Å²) < 4.78 is 5.11. The molecule has 152 valence electrons. The summed E-state index contributed by atoms with van der Waals surface area (Å²) >= 11 is 0. The first-order chi connectivity index (χ1) is 13.1. The highest BCUT2D eigenvalue weighted by Crippen LogP contribution is 2.47. The first-order valence-corrected chi connectivity index (χ1v) is 10.7. The summed E-state index contributed by atoms with van der Waals surface area (Å²) in [6.45, 7) is 16.3. The van der Waals surface area contributed by atoms with E-state index < -0.39 is 0 Å². The Balaban J connectivity index is 1.81. The van der Waals surface area contributed by atoms with E-state index in [1.165, 1.54) is 40.7 Å². The fourth-order valence-electron chi connectivity index (χ4n) is 4.53. The van der Waals surface area contributed by atoms with Gasteiger partial charge >= 0.3 is 5.97 Å². The van der Waals surface area contributed by atoms with Crippen molar-refractivity contribution in [1.29, 1.82) is 0 Å². The number of ether oxygens (including phenoxy) is 1. The van der Waals surface area contributed by atoms with Crippen LogP contribution in [-0.4, -0.2) is 12.6 Å². The molecule has 0 N–H and O–H groups in total. The Morgan fingerprint density at radius 1 is 1.14 bits per heavy atom. The number of benzene rings is 1. The van der Waals surface area contributed by atoms with Crippen molar-refractivity contribution >= 4 is 11.5 Å². The molecule has 0 heterocycles. The highest BCUT2D eigenvalue weighted by Gasteiger charge is 2.42. The monoisotopic (exact) mass is 380 g/mol. The van der Waals surface area contributed by atoms with Crippen LogP contribution >= 0.6 is 0 Å². The Morgan fingerprint density at radius 3 is 2.36 bits per heavy atom. The van der Waals surface area contributed by atoms with Crippen molar-refractivity contribution in [3.63, 3.8) is 0 Å². The van der Waals surface area contributed by atoms with E-state index in [1.54, 1.807) is 0 Å². The molecule has 1 aromatic rings. The first-order valence-electron chi connectivity index (χ1n) is 10.7. The van der Waals surface area contributed by atoms with Crippen LogP contribution < -0.4 is 0 Å². The lowest BCUT2D eigenvalue weighted by Gasteiger charge is -2.42. The number of fused-ring (bicyclic) bond motifs is 1. The minimum atomic E-state index is -0.0479. The summed E-state index contributed by atoms with van der Waals surface area (Å²) in [4.78, 5) is 11.8. The van der Waals surface area contributed by atoms with E-state index in [9.17, 15) is 4.79 Å². The Labute approximate surface area is 171 Å². The first kappa shape index (κ1) is 20.9. The lowest BCUT2D eigenvalue weighted by atomic mass is 9.62. The Bertz CT molecular complexity index is 823. The number of hydrogen-bond donors (Lipinski definition) is 0. The number of carbonyl (C=O) groups is 1. The van der Waals surface area contributed by atoms with Gasteiger partial charge in [0.15, 0.2) is 0 Å². The molecular formula is C26H36O2. The molecule has 2 atom stereocenters. The topological polar surface area (TPSA) is 26.3 Å². The van der Waals surface area contributed by atoms with E-state index in [2.05, 4.69) is 71.9 Å². The molecule has 0 bridgehead atoms. The van der Waals surface area contributed by atoms with Crippen molar-refractivity contribution in [2.75, 3.05) is 6.61 Å². The molecule has 0 saturated heterocycles. The third-order valence-electron chi connectivity index (χ3n) is 6.76. The molecule has 28 heavy (non-hydrogen) atoms. The zero-order chi connectivity index (χ0) is 20.7. The van der Waals surface area contributed by atoms with Crippen LogP contribution in [0.25, 0.3) is 5.57 Å². The van der Waals surface area contributed by atoms with Gasteiger partial charge in [-0.05, 0) is 84.6 Å². The lowest BCUT2D eigenvalue weighted by Crippen LogP contribution is -2.34. The van der Waals surface area contributed by atoms with Crippen LogP contribution in [0.5, 0.6) is 0 Å². The third-order valence-corrected chi connectivity index (χ3v) is 6.76. The molecule has 0 aromatic heterocycles. The van der Waals surface area contributed by atoms with Crippen molar-refractivity contribution < 1.29 is 9.53 Å². The van der Waals surface area contributed by atoms with Crippen molar-refractivity contribution in [2.24, 2.45) is 11.8 Å². The predicted molar refractivity (Wildman–Crippen MR) is 117 cm³/mol. The molecule has 2 nitrogen and oxygen atoms in total. The molecule has 3 rings (SSSR count). The van der Waals surface area contributed by atoms with Gasteiger partial charge in [-0.2, -0.15) is 0 Å². The van der Waals surface area contributed by atoms with Crippen LogP contribution in [0.15, 0.2) is 30.4 Å². The second-order valence-electron chi connectivity index (χ2n) is 9.97. The standard InChI is InChI=1S/C26H36O2/c1-8-28-24(27)21-15-19(21)11-9-10-17(2)20-16-23-22(14-18(20)3)25(4,5)12-13-26(23,6)7/h9-11,14,16,19,21H,8,12-13,15H2,1-7H3/b11-9+,17-10+/t19-,21+/m0/s1. The van der Waals surface area contributed by atoms with Crippen molar-refractivity contribution in [3.8, 4) is 0 Å². The maximum Gasteiger partial charge on any atom is 0.309 e. The van der Waals surface area contributed by atoms with Gasteiger partial charge in [-0.25, -0.2) is 0 Å². The number of rotatable bonds is 5. The summed E-state index contributed by atoms with van der Waals surface area (Å²) in [7, 11) is 0. The molecule has 0 unspecified atom stereocenters. The van der Waals surface area contributed by atoms with Gasteiger partial charge in [0.25, 0.3) is 0 Å². The predicted octanol–water partition coefficient (Wildman–Crippen LogP) is 6.50. The molecule has 1 saturated carbocycles. The zero-order valence-electron chi connectivity index (χ0n) is 18.7. The smallest absolute Gasteiger partial charge is 0.309 e. The molecule has 1 fully saturated rings. The summed E-state index contributed by atoms with van der Waals surface area (Å²) in [6, 6.07) is 4.86. The van der Waals surface area contributed by atoms with Gasteiger partial charge in [0.1, 0.15) is 0 Å². The SMILES string of the molecule is CCOC(=O)[C@@H]1C[C@@H]1/C=C/C=C(\C)c1cc2c(cc1C)C(C)(C)CCC2(C)C. The van der Waals surface area contributed by atoms with Gasteiger partial charge in [-0.1, -0.05) is 58.1 Å². The molecule has 0 amide bonds. The molecular weight excluding hydrogens is 344 g/mol. The Hall–Kier alpha value is -1.83. The van der Waals surface area contributed by atoms with Gasteiger partial charge < -0.3 is 4.74 Å². The number of hydrogen-bond acceptors (Lipinski definition) is 2. The van der Waals surface area contributed by atoms with E-state index in [1.807, 2.05) is 6.92 Å². The largest absolute Gasteiger partial charge is 0.466 e. The minimum Gasteiger partial charge on any atom is -0.466 e. The maximum atomic E-state index is 11.8. The summed E-state index contributed by atoms with van der Waals surface area (Å²) in [5, 5.41) is 0. The lowest BCUT2D eigenvalue weighted by molar-refractivity contribution is -0.144. The van der Waals surface area contributed by atoms with Crippen molar-refractivity contribution in [1.82, 2.24) is 0 Å². The summed E-state index contributed by atoms with van der Waals surface area (Å²) in [5.41, 5.74) is 7.47. The van der Waals surface area contributed by atoms with Crippen LogP contribution in [-0.2, 0) is 20.4 Å². The van der Waals surface area contributed by atoms with Gasteiger partial charge in [-0.15, -0.1) is 0 Å². The minimum absolute atomic E-state index is 0.0479. The average molecular weight is 381 g/mol. The van der Waals surface area contributed by atoms with Crippen molar-refractivity contribution in [2.45, 2.75) is 78.6 Å². The molecule has 2 aliphatic rings. The van der Waals surface area contributed by atoms with Crippen LogP contribution in [0.1, 0.15) is 83.1 Å². The van der Waals surface area contributed by atoms with E-state index in [-0.39, 0.29) is 22.7 Å². The van der Waals surface area contributed by atoms with Gasteiger partial charge in [0.05, 0.1) is 12.5 Å². The number of aryl methyl sites for hydroxylation is 1. The highest BCUT2D eigenvalue weighted by atomic mass is 16.5. The van der Waals surface area contributed by atoms with Gasteiger partial charge in [0, 0.05) is 0 Å². The molecule has 0 spiro atoms. The van der Waals surface area contributed by atoms with Crippen LogP contribution in [0.3, 0.4) is 0 Å². The fourth-order valence-corrected chi connectivity index (χ4v) is 4.53. The van der Waals surface area contributed by atoms with Gasteiger partial charge in [-0.3, -0.25) is 4.79 Å². The maximum absolute atomic E-state index is 11.8. The Kier molecular flexibility index (Phi) is 5.62. The molecule has 2 aliphatic carbocycles. The molecule has 2 heteroatoms. The number of allylic oxidation sites excluding steroid dienone is 4. The Morgan fingerprint density at radius 2 is 1.75 bits per heavy atom. The normalized spacial score (nSPS) is 25.5. The van der Waals surface area contributed by atoms with Gasteiger partial charge in [0.2, 0.25) is 0 Å². The van der Waals surface area contributed by atoms with Crippen LogP contribution in [0.4, 0.5) is 0 Å². The molecule has 0 aliphatic heterocycles. The summed E-state index contributed by atoms with van der Waals surface area (Å²) in [5.74, 6) is 0.360. The third kappa shape index (κ3) is 4.11. The number of esters is 1. The average Bonchev–Trinajstić information content (AvgIpc) is 3.38. The van der Waals surface area contributed by atoms with E-state index >= 15 is 0 Å². The zero-order valence-corrected chi connectivity index (χ0v) is 18.7. The summed E-state index contributed by atoms with van der Waals surface area (Å²) in [6.07, 6.45) is 9.86. The highest BCUT2D eigenvalue weighted by molar-refractivity contribution is 5.76. The van der Waals surface area contributed by atoms with Crippen molar-refractivity contribution in [3.05, 3.63) is 52.6 Å². The van der Waals surface area contributed by atoms with Crippen LogP contribution in [0, 0.1) is 18.8 Å². The molecule has 1 aromatic carbocycles. The van der Waals surface area contributed by atoms with E-state index in [0.717, 1.165) is 6.42 Å². The molecule has 0 radical (unpaired) electrons. The second-order valence-corrected chi connectivity index (χ2v) is 9.97. The van der Waals surface area contributed by atoms with E-state index in [0.29, 0.717) is 12.5 Å². The fraction of sp³-hybridized carbons (Fsp3) is 0.577.